The minimum absolute atomic E-state index is 0.505. The number of allylic oxidation sites excluding steroid dienone is 2. The zero-order chi connectivity index (χ0) is 13.3. The molecule has 4 aliphatic carbocycles. The highest BCUT2D eigenvalue weighted by Gasteiger charge is 2.67. The topological polar surface area (TPSA) is 27.7 Å². The molecule has 0 amide bonds. The van der Waals surface area contributed by atoms with Crippen LogP contribution >= 0.6 is 0 Å². The molecular weight excluding hydrogens is 256 g/mol. The van der Waals surface area contributed by atoms with Crippen molar-refractivity contribution in [1.29, 1.82) is 0 Å². The Hall–Kier alpha value is -0.163. The highest BCUT2D eigenvalue weighted by molar-refractivity contribution is 6.62. The maximum absolute atomic E-state index is 5.75. The Bertz CT molecular complexity index is 411. The van der Waals surface area contributed by atoms with Gasteiger partial charge in [0.05, 0.1) is 0 Å². The molecule has 0 saturated heterocycles. The van der Waals surface area contributed by atoms with Crippen LogP contribution in [0.15, 0.2) is 12.2 Å². The third-order valence-corrected chi connectivity index (χ3v) is 9.83. The summed E-state index contributed by atoms with van der Waals surface area (Å²) in [6.45, 7) is 0. The Balaban J connectivity index is 1.63. The largest absolute Gasteiger partial charge is 0.503 e. The summed E-state index contributed by atoms with van der Waals surface area (Å²) in [6, 6.07) is 0. The molecule has 6 atom stereocenters. The van der Waals surface area contributed by atoms with Crippen molar-refractivity contribution in [2.75, 3.05) is 21.3 Å². The molecule has 4 aliphatic rings. The van der Waals surface area contributed by atoms with Crippen molar-refractivity contribution in [3.63, 3.8) is 0 Å². The van der Waals surface area contributed by atoms with E-state index in [1.165, 1.54) is 25.7 Å². The van der Waals surface area contributed by atoms with Crippen LogP contribution in [0.25, 0.3) is 0 Å². The molecule has 3 nitrogen and oxygen atoms in total. The molecule has 0 radical (unpaired) electrons. The second-order valence-electron chi connectivity index (χ2n) is 6.99. The SMILES string of the molecule is CO[Si](OC)(OC)C1CC2CC34C=CC(C3)C2C4C1. The van der Waals surface area contributed by atoms with Crippen LogP contribution in [-0.4, -0.2) is 30.1 Å². The fraction of sp³-hybridized carbons (Fsp3) is 0.867. The molecule has 0 aliphatic heterocycles. The van der Waals surface area contributed by atoms with Gasteiger partial charge in [-0.1, -0.05) is 12.2 Å². The van der Waals surface area contributed by atoms with Crippen LogP contribution in [0.2, 0.25) is 5.54 Å². The first-order chi connectivity index (χ1) is 9.18. The average molecular weight is 280 g/mol. The summed E-state index contributed by atoms with van der Waals surface area (Å²) in [5, 5.41) is 0. The molecule has 1 spiro atoms. The van der Waals surface area contributed by atoms with Gasteiger partial charge in [0, 0.05) is 26.9 Å². The maximum Gasteiger partial charge on any atom is 0.503 e. The van der Waals surface area contributed by atoms with Crippen molar-refractivity contribution < 1.29 is 13.3 Å². The van der Waals surface area contributed by atoms with Crippen LogP contribution in [0.4, 0.5) is 0 Å². The first kappa shape index (κ1) is 12.6. The van der Waals surface area contributed by atoms with Crippen LogP contribution in [0.3, 0.4) is 0 Å². The molecule has 4 rings (SSSR count). The van der Waals surface area contributed by atoms with Crippen molar-refractivity contribution in [3.05, 3.63) is 12.2 Å². The predicted octanol–water partition coefficient (Wildman–Crippen LogP) is 2.86. The monoisotopic (exact) mass is 280 g/mol. The molecule has 6 unspecified atom stereocenters. The Labute approximate surface area is 116 Å². The van der Waals surface area contributed by atoms with Gasteiger partial charge < -0.3 is 13.3 Å². The molecule has 3 fully saturated rings. The summed E-state index contributed by atoms with van der Waals surface area (Å²) < 4.78 is 17.2. The van der Waals surface area contributed by atoms with Crippen molar-refractivity contribution in [2.45, 2.75) is 31.2 Å². The lowest BCUT2D eigenvalue weighted by atomic mass is 9.73. The van der Waals surface area contributed by atoms with Crippen LogP contribution in [-0.2, 0) is 13.3 Å². The summed E-state index contributed by atoms with van der Waals surface area (Å²) in [7, 11) is 2.83. The number of hydrogen-bond acceptors (Lipinski definition) is 3. The van der Waals surface area contributed by atoms with Gasteiger partial charge in [0.2, 0.25) is 0 Å². The number of rotatable bonds is 4. The Morgan fingerprint density at radius 3 is 2.47 bits per heavy atom. The first-order valence-corrected chi connectivity index (χ1v) is 9.33. The van der Waals surface area contributed by atoms with Crippen LogP contribution < -0.4 is 0 Å². The van der Waals surface area contributed by atoms with Crippen LogP contribution in [0, 0.1) is 29.1 Å². The molecule has 106 valence electrons. The van der Waals surface area contributed by atoms with E-state index in [2.05, 4.69) is 12.2 Å². The Morgan fingerprint density at radius 1 is 1.05 bits per heavy atom. The summed E-state index contributed by atoms with van der Waals surface area (Å²) in [6.07, 6.45) is 10.4. The Morgan fingerprint density at radius 2 is 1.79 bits per heavy atom. The molecule has 0 heterocycles. The molecule has 19 heavy (non-hydrogen) atoms. The number of hydrogen-bond donors (Lipinski definition) is 0. The van der Waals surface area contributed by atoms with Gasteiger partial charge in [-0.25, -0.2) is 0 Å². The molecule has 0 aromatic rings. The zero-order valence-corrected chi connectivity index (χ0v) is 13.1. The van der Waals surface area contributed by atoms with E-state index < -0.39 is 8.80 Å². The summed E-state index contributed by atoms with van der Waals surface area (Å²) in [5.41, 5.74) is 1.05. The quantitative estimate of drug-likeness (QED) is 0.585. The van der Waals surface area contributed by atoms with Crippen molar-refractivity contribution >= 4 is 8.80 Å². The van der Waals surface area contributed by atoms with Gasteiger partial charge in [0.15, 0.2) is 0 Å². The van der Waals surface area contributed by atoms with Gasteiger partial charge in [0.25, 0.3) is 0 Å². The van der Waals surface area contributed by atoms with E-state index >= 15 is 0 Å². The normalized spacial score (nSPS) is 50.2. The van der Waals surface area contributed by atoms with Gasteiger partial charge in [0.1, 0.15) is 0 Å². The minimum atomic E-state index is -2.45. The lowest BCUT2D eigenvalue weighted by molar-refractivity contribution is 0.0849. The summed E-state index contributed by atoms with van der Waals surface area (Å²) in [4.78, 5) is 0. The summed E-state index contributed by atoms with van der Waals surface area (Å²) >= 11 is 0. The maximum atomic E-state index is 5.75. The van der Waals surface area contributed by atoms with E-state index in [1.54, 1.807) is 21.3 Å². The van der Waals surface area contributed by atoms with E-state index in [0.717, 1.165) is 23.7 Å². The van der Waals surface area contributed by atoms with E-state index in [1.807, 2.05) is 0 Å². The second kappa shape index (κ2) is 3.94. The fourth-order valence-electron chi connectivity index (χ4n) is 6.16. The van der Waals surface area contributed by atoms with E-state index in [9.17, 15) is 0 Å². The highest BCUT2D eigenvalue weighted by atomic mass is 28.4. The van der Waals surface area contributed by atoms with Crippen LogP contribution in [0.5, 0.6) is 0 Å². The minimum Gasteiger partial charge on any atom is -0.377 e. The molecule has 0 aromatic heterocycles. The van der Waals surface area contributed by atoms with Crippen molar-refractivity contribution in [1.82, 2.24) is 0 Å². The predicted molar refractivity (Wildman–Crippen MR) is 74.5 cm³/mol. The first-order valence-electron chi connectivity index (χ1n) is 7.53. The van der Waals surface area contributed by atoms with E-state index in [0.29, 0.717) is 11.0 Å². The van der Waals surface area contributed by atoms with Gasteiger partial charge >= 0.3 is 8.80 Å². The standard InChI is InChI=1S/C15H24O3Si/c1-16-19(17-2,18-3)12-6-11-9-15-5-4-10(8-15)14(11)13(15)7-12/h4-5,10-14H,6-9H2,1-3H3. The molecular formula is C15H24O3Si. The third-order valence-electron chi connectivity index (χ3n) is 6.65. The van der Waals surface area contributed by atoms with E-state index in [4.69, 9.17) is 13.3 Å². The lowest BCUT2D eigenvalue weighted by Crippen LogP contribution is -2.50. The van der Waals surface area contributed by atoms with Gasteiger partial charge in [-0.05, 0) is 54.8 Å². The highest BCUT2D eigenvalue weighted by Crippen LogP contribution is 2.73. The molecule has 5 bridgehead atoms. The Kier molecular flexibility index (Phi) is 2.60. The van der Waals surface area contributed by atoms with Gasteiger partial charge in [-0.3, -0.25) is 0 Å². The van der Waals surface area contributed by atoms with Gasteiger partial charge in [-0.2, -0.15) is 0 Å². The molecule has 4 heteroatoms. The van der Waals surface area contributed by atoms with Gasteiger partial charge in [-0.15, -0.1) is 0 Å². The smallest absolute Gasteiger partial charge is 0.377 e. The fourth-order valence-corrected chi connectivity index (χ4v) is 8.79. The van der Waals surface area contributed by atoms with Crippen molar-refractivity contribution in [2.24, 2.45) is 29.1 Å². The lowest BCUT2D eigenvalue weighted by Gasteiger charge is -2.41. The molecule has 3 saturated carbocycles. The zero-order valence-electron chi connectivity index (χ0n) is 12.1. The molecule has 0 aromatic carbocycles. The average Bonchev–Trinajstić information content (AvgIpc) is 2.99. The van der Waals surface area contributed by atoms with E-state index in [-0.39, 0.29) is 0 Å². The second-order valence-corrected chi connectivity index (χ2v) is 10.2. The van der Waals surface area contributed by atoms with Crippen LogP contribution in [0.1, 0.15) is 25.7 Å². The molecule has 0 N–H and O–H groups in total. The number of fused-ring (bicyclic) bond motifs is 1. The third kappa shape index (κ3) is 1.38. The summed E-state index contributed by atoms with van der Waals surface area (Å²) in [5.74, 6) is 3.59. The van der Waals surface area contributed by atoms with Crippen molar-refractivity contribution in [3.8, 4) is 0 Å².